The molecule has 1 amide bonds. The monoisotopic (exact) mass is 382 g/mol. The van der Waals surface area contributed by atoms with Gasteiger partial charge in [-0.25, -0.2) is 0 Å². The van der Waals surface area contributed by atoms with Gasteiger partial charge in [0.1, 0.15) is 12.4 Å². The van der Waals surface area contributed by atoms with E-state index in [2.05, 4.69) is 15.5 Å². The molecule has 0 aliphatic carbocycles. The quantitative estimate of drug-likeness (QED) is 0.499. The van der Waals surface area contributed by atoms with Gasteiger partial charge in [-0.2, -0.15) is 10.2 Å². The first-order valence-corrected chi connectivity index (χ1v) is 8.89. The van der Waals surface area contributed by atoms with Gasteiger partial charge in [-0.1, -0.05) is 19.1 Å². The van der Waals surface area contributed by atoms with Crippen molar-refractivity contribution in [3.05, 3.63) is 69.8 Å². The summed E-state index contributed by atoms with van der Waals surface area (Å²) in [5, 5.41) is 22.0. The van der Waals surface area contributed by atoms with Crippen molar-refractivity contribution < 1.29 is 9.72 Å². The number of hydrogen-bond donors (Lipinski definition) is 1. The number of nitrogens with zero attached hydrogens (tertiary/aromatic N) is 5. The maximum Gasteiger partial charge on any atom is 0.306 e. The van der Waals surface area contributed by atoms with Gasteiger partial charge in [0, 0.05) is 11.4 Å². The number of amides is 1. The van der Waals surface area contributed by atoms with Gasteiger partial charge in [0.05, 0.1) is 29.6 Å². The molecule has 3 rings (SSSR count). The van der Waals surface area contributed by atoms with E-state index in [0.29, 0.717) is 12.2 Å². The number of hydrogen-bond acceptors (Lipinski definition) is 5. The Kier molecular flexibility index (Phi) is 5.53. The summed E-state index contributed by atoms with van der Waals surface area (Å²) in [5.41, 5.74) is 3.68. The number of aromatic nitrogens is 4. The highest BCUT2D eigenvalue weighted by Crippen LogP contribution is 2.15. The lowest BCUT2D eigenvalue weighted by molar-refractivity contribution is -0.385. The second-order valence-electron chi connectivity index (χ2n) is 6.85. The number of carbonyl (C=O) groups excluding carboxylic acids is 1. The zero-order chi connectivity index (χ0) is 20.3. The topological polar surface area (TPSA) is 108 Å². The Morgan fingerprint density at radius 3 is 2.75 bits per heavy atom. The van der Waals surface area contributed by atoms with Crippen LogP contribution < -0.4 is 5.32 Å². The van der Waals surface area contributed by atoms with Gasteiger partial charge < -0.3 is 5.32 Å². The standard InChI is InChI=1S/C19H22N6O3/c1-13(10-23-12-18(9-20-23)25(27)28)19(26)21-17-6-4-5-16(8-17)11-24-15(3)7-14(2)22-24/h4-9,12-13H,10-11H2,1-3H3,(H,21,26). The first-order chi connectivity index (χ1) is 13.3. The molecular formula is C19H22N6O3. The van der Waals surface area contributed by atoms with Crippen molar-refractivity contribution in [2.24, 2.45) is 5.92 Å². The highest BCUT2D eigenvalue weighted by molar-refractivity contribution is 5.92. The van der Waals surface area contributed by atoms with E-state index in [-0.39, 0.29) is 18.1 Å². The molecule has 1 unspecified atom stereocenters. The molecule has 0 bridgehead atoms. The maximum atomic E-state index is 12.5. The third-order valence-electron chi connectivity index (χ3n) is 4.37. The minimum atomic E-state index is -0.511. The molecule has 146 valence electrons. The van der Waals surface area contributed by atoms with Gasteiger partial charge in [0.2, 0.25) is 5.91 Å². The maximum absolute atomic E-state index is 12.5. The fourth-order valence-corrected chi connectivity index (χ4v) is 2.93. The summed E-state index contributed by atoms with van der Waals surface area (Å²) in [6, 6.07) is 9.64. The summed E-state index contributed by atoms with van der Waals surface area (Å²) in [6.45, 7) is 6.59. The number of benzene rings is 1. The minimum Gasteiger partial charge on any atom is -0.326 e. The highest BCUT2D eigenvalue weighted by atomic mass is 16.6. The Morgan fingerprint density at radius 1 is 1.32 bits per heavy atom. The van der Waals surface area contributed by atoms with Crippen molar-refractivity contribution in [1.29, 1.82) is 0 Å². The van der Waals surface area contributed by atoms with Crippen LogP contribution in [-0.4, -0.2) is 30.4 Å². The average molecular weight is 382 g/mol. The third kappa shape index (κ3) is 4.61. The number of aryl methyl sites for hydroxylation is 2. The second-order valence-corrected chi connectivity index (χ2v) is 6.85. The van der Waals surface area contributed by atoms with E-state index < -0.39 is 10.8 Å². The molecule has 9 heteroatoms. The van der Waals surface area contributed by atoms with Crippen LogP contribution in [0.2, 0.25) is 0 Å². The van der Waals surface area contributed by atoms with Crippen LogP contribution in [0.5, 0.6) is 0 Å². The van der Waals surface area contributed by atoms with Crippen molar-refractivity contribution in [1.82, 2.24) is 19.6 Å². The third-order valence-corrected chi connectivity index (χ3v) is 4.37. The van der Waals surface area contributed by atoms with E-state index in [1.807, 2.05) is 48.9 Å². The molecule has 0 aliphatic heterocycles. The summed E-state index contributed by atoms with van der Waals surface area (Å²) < 4.78 is 3.32. The van der Waals surface area contributed by atoms with E-state index in [1.165, 1.54) is 17.1 Å². The van der Waals surface area contributed by atoms with E-state index in [4.69, 9.17) is 0 Å². The molecule has 0 spiro atoms. The Balaban J connectivity index is 1.63. The molecule has 1 N–H and O–H groups in total. The first-order valence-electron chi connectivity index (χ1n) is 8.89. The normalized spacial score (nSPS) is 12.0. The molecule has 1 atom stereocenters. The number of nitro groups is 1. The lowest BCUT2D eigenvalue weighted by Crippen LogP contribution is -2.24. The summed E-state index contributed by atoms with van der Waals surface area (Å²) in [6.07, 6.45) is 2.49. The Bertz CT molecular complexity index is 1010. The molecular weight excluding hydrogens is 360 g/mol. The summed E-state index contributed by atoms with van der Waals surface area (Å²) in [5.74, 6) is -0.583. The largest absolute Gasteiger partial charge is 0.326 e. The Hall–Kier alpha value is -3.49. The zero-order valence-electron chi connectivity index (χ0n) is 16.0. The van der Waals surface area contributed by atoms with Gasteiger partial charge in [0.15, 0.2) is 0 Å². The van der Waals surface area contributed by atoms with Crippen LogP contribution in [0.15, 0.2) is 42.7 Å². The fourth-order valence-electron chi connectivity index (χ4n) is 2.93. The van der Waals surface area contributed by atoms with Crippen LogP contribution in [0.1, 0.15) is 23.9 Å². The Morgan fingerprint density at radius 2 is 2.11 bits per heavy atom. The number of anilines is 1. The lowest BCUT2D eigenvalue weighted by atomic mass is 10.1. The fraction of sp³-hybridized carbons (Fsp3) is 0.316. The molecule has 2 aromatic heterocycles. The smallest absolute Gasteiger partial charge is 0.306 e. The zero-order valence-corrected chi connectivity index (χ0v) is 16.0. The minimum absolute atomic E-state index is 0.0931. The van der Waals surface area contributed by atoms with Crippen LogP contribution in [0.4, 0.5) is 11.4 Å². The molecule has 0 saturated heterocycles. The molecule has 0 saturated carbocycles. The van der Waals surface area contributed by atoms with Crippen LogP contribution in [-0.2, 0) is 17.9 Å². The van der Waals surface area contributed by atoms with Gasteiger partial charge >= 0.3 is 5.69 Å². The summed E-state index contributed by atoms with van der Waals surface area (Å²) in [7, 11) is 0. The van der Waals surface area contributed by atoms with E-state index in [1.54, 1.807) is 6.92 Å². The van der Waals surface area contributed by atoms with Crippen molar-refractivity contribution in [2.45, 2.75) is 33.9 Å². The van der Waals surface area contributed by atoms with Gasteiger partial charge in [0.25, 0.3) is 0 Å². The molecule has 2 heterocycles. The molecule has 1 aromatic carbocycles. The second kappa shape index (κ2) is 8.03. The van der Waals surface area contributed by atoms with Gasteiger partial charge in [-0.15, -0.1) is 0 Å². The van der Waals surface area contributed by atoms with Crippen LogP contribution in [0, 0.1) is 29.9 Å². The van der Waals surface area contributed by atoms with E-state index in [9.17, 15) is 14.9 Å². The van der Waals surface area contributed by atoms with Crippen molar-refractivity contribution in [2.75, 3.05) is 5.32 Å². The van der Waals surface area contributed by atoms with Crippen LogP contribution >= 0.6 is 0 Å². The predicted octanol–water partition coefficient (Wildman–Crippen LogP) is 2.93. The van der Waals surface area contributed by atoms with Crippen LogP contribution in [0.25, 0.3) is 0 Å². The summed E-state index contributed by atoms with van der Waals surface area (Å²) in [4.78, 5) is 22.7. The van der Waals surface area contributed by atoms with Gasteiger partial charge in [-0.05, 0) is 37.6 Å². The molecule has 0 fully saturated rings. The highest BCUT2D eigenvalue weighted by Gasteiger charge is 2.17. The molecule has 0 aliphatic rings. The predicted molar refractivity (Wildman–Crippen MR) is 104 cm³/mol. The van der Waals surface area contributed by atoms with Gasteiger partial charge in [-0.3, -0.25) is 24.3 Å². The van der Waals surface area contributed by atoms with Crippen molar-refractivity contribution >= 4 is 17.3 Å². The van der Waals surface area contributed by atoms with E-state index in [0.717, 1.165) is 17.0 Å². The van der Waals surface area contributed by atoms with Crippen molar-refractivity contribution in [3.8, 4) is 0 Å². The van der Waals surface area contributed by atoms with Crippen LogP contribution in [0.3, 0.4) is 0 Å². The first kappa shape index (κ1) is 19.3. The van der Waals surface area contributed by atoms with Crippen molar-refractivity contribution in [3.63, 3.8) is 0 Å². The average Bonchev–Trinajstić information content (AvgIpc) is 3.21. The lowest BCUT2D eigenvalue weighted by Gasteiger charge is -2.13. The number of nitrogens with one attached hydrogen (secondary N) is 1. The summed E-state index contributed by atoms with van der Waals surface area (Å²) >= 11 is 0. The number of rotatable bonds is 7. The van der Waals surface area contributed by atoms with E-state index >= 15 is 0 Å². The Labute approximate surface area is 162 Å². The molecule has 28 heavy (non-hydrogen) atoms. The number of carbonyl (C=O) groups is 1. The molecule has 0 radical (unpaired) electrons. The molecule has 3 aromatic rings. The molecule has 9 nitrogen and oxygen atoms in total. The SMILES string of the molecule is Cc1cc(C)n(Cc2cccc(NC(=O)C(C)Cn3cc([N+](=O)[O-])cn3)c2)n1.